The first-order valence-electron chi connectivity index (χ1n) is 8.47. The number of carbonyl (C=O) groups excluding carboxylic acids is 1. The molecule has 1 fully saturated rings. The van der Waals surface area contributed by atoms with Crippen LogP contribution in [0, 0.1) is 6.92 Å². The third kappa shape index (κ3) is 5.39. The van der Waals surface area contributed by atoms with E-state index in [1.807, 2.05) is 26.0 Å². The maximum atomic E-state index is 12.0. The molecule has 1 atom stereocenters. The monoisotopic (exact) mass is 320 g/mol. The third-order valence-electron chi connectivity index (χ3n) is 4.11. The standard InChI is InChI=1S/C17H28N4O2/c1-13(6-5-11-22)20-17(23)18-12-15-8-7-14(2)19-16(15)21-9-3-4-10-21/h7-8,13,22H,3-6,9-12H2,1-2H3,(H2,18,20,23). The molecule has 0 aromatic carbocycles. The summed E-state index contributed by atoms with van der Waals surface area (Å²) in [6.07, 6.45) is 3.87. The summed E-state index contributed by atoms with van der Waals surface area (Å²) in [5, 5.41) is 14.6. The van der Waals surface area contributed by atoms with Crippen LogP contribution in [-0.4, -0.2) is 41.9 Å². The Hall–Kier alpha value is -1.82. The summed E-state index contributed by atoms with van der Waals surface area (Å²) in [7, 11) is 0. The van der Waals surface area contributed by atoms with Crippen molar-refractivity contribution in [1.82, 2.24) is 15.6 Å². The third-order valence-corrected chi connectivity index (χ3v) is 4.11. The number of pyridine rings is 1. The highest BCUT2D eigenvalue weighted by Gasteiger charge is 2.17. The van der Waals surface area contributed by atoms with Crippen molar-refractivity contribution in [3.05, 3.63) is 23.4 Å². The number of nitrogens with zero attached hydrogens (tertiary/aromatic N) is 2. The van der Waals surface area contributed by atoms with E-state index in [-0.39, 0.29) is 18.7 Å². The van der Waals surface area contributed by atoms with E-state index in [9.17, 15) is 4.79 Å². The van der Waals surface area contributed by atoms with Crippen molar-refractivity contribution in [2.45, 2.75) is 52.1 Å². The average Bonchev–Trinajstić information content (AvgIpc) is 3.06. The minimum absolute atomic E-state index is 0.0522. The Kier molecular flexibility index (Phi) is 6.65. The average molecular weight is 320 g/mol. The molecule has 2 rings (SSSR count). The fourth-order valence-electron chi connectivity index (χ4n) is 2.83. The molecule has 1 aromatic heterocycles. The van der Waals surface area contributed by atoms with E-state index in [0.29, 0.717) is 13.0 Å². The normalized spacial score (nSPS) is 15.5. The van der Waals surface area contributed by atoms with E-state index in [4.69, 9.17) is 5.11 Å². The van der Waals surface area contributed by atoms with Crippen molar-refractivity contribution in [3.63, 3.8) is 0 Å². The predicted molar refractivity (Wildman–Crippen MR) is 91.6 cm³/mol. The first kappa shape index (κ1) is 17.5. The Balaban J connectivity index is 1.91. The van der Waals surface area contributed by atoms with E-state index in [2.05, 4.69) is 20.5 Å². The Morgan fingerprint density at radius 1 is 1.39 bits per heavy atom. The number of amides is 2. The molecule has 1 aromatic rings. The van der Waals surface area contributed by atoms with Crippen molar-refractivity contribution >= 4 is 11.8 Å². The molecule has 0 aliphatic carbocycles. The lowest BCUT2D eigenvalue weighted by atomic mass is 10.2. The number of nitrogens with one attached hydrogen (secondary N) is 2. The number of aryl methyl sites for hydroxylation is 1. The summed E-state index contributed by atoms with van der Waals surface area (Å²) in [4.78, 5) is 18.9. The molecule has 128 valence electrons. The minimum atomic E-state index is -0.177. The Labute approximate surface area is 138 Å². The quantitative estimate of drug-likeness (QED) is 0.717. The van der Waals surface area contributed by atoms with E-state index in [0.717, 1.165) is 36.6 Å². The molecule has 0 radical (unpaired) electrons. The molecule has 2 amide bonds. The van der Waals surface area contributed by atoms with Gasteiger partial charge in [-0.2, -0.15) is 0 Å². The van der Waals surface area contributed by atoms with Crippen molar-refractivity contribution in [1.29, 1.82) is 0 Å². The molecule has 0 saturated carbocycles. The maximum absolute atomic E-state index is 12.0. The second kappa shape index (κ2) is 8.72. The summed E-state index contributed by atoms with van der Waals surface area (Å²) < 4.78 is 0. The number of anilines is 1. The first-order chi connectivity index (χ1) is 11.1. The molecule has 0 bridgehead atoms. The van der Waals surface area contributed by atoms with Crippen molar-refractivity contribution in [2.24, 2.45) is 0 Å². The van der Waals surface area contributed by atoms with Gasteiger partial charge in [-0.05, 0) is 45.6 Å². The molecular formula is C17H28N4O2. The zero-order valence-corrected chi connectivity index (χ0v) is 14.1. The molecule has 23 heavy (non-hydrogen) atoms. The molecule has 1 aliphatic heterocycles. The zero-order chi connectivity index (χ0) is 16.7. The Morgan fingerprint density at radius 3 is 2.83 bits per heavy atom. The van der Waals surface area contributed by atoms with Gasteiger partial charge in [0.05, 0.1) is 0 Å². The number of hydrogen-bond acceptors (Lipinski definition) is 4. The zero-order valence-electron chi connectivity index (χ0n) is 14.1. The van der Waals surface area contributed by atoms with Crippen LogP contribution in [0.5, 0.6) is 0 Å². The Bertz CT molecular complexity index is 515. The van der Waals surface area contributed by atoms with Gasteiger partial charge in [-0.15, -0.1) is 0 Å². The van der Waals surface area contributed by atoms with Gasteiger partial charge in [0.2, 0.25) is 0 Å². The molecule has 1 saturated heterocycles. The molecule has 6 nitrogen and oxygen atoms in total. The summed E-state index contributed by atoms with van der Waals surface area (Å²) in [6, 6.07) is 3.91. The van der Waals surface area contributed by atoms with E-state index >= 15 is 0 Å². The van der Waals surface area contributed by atoms with Gasteiger partial charge < -0.3 is 20.6 Å². The molecule has 0 spiro atoms. The van der Waals surface area contributed by atoms with E-state index in [1.165, 1.54) is 12.8 Å². The lowest BCUT2D eigenvalue weighted by Gasteiger charge is -2.21. The van der Waals surface area contributed by atoms with Gasteiger partial charge >= 0.3 is 6.03 Å². The number of aliphatic hydroxyl groups excluding tert-OH is 1. The van der Waals surface area contributed by atoms with Crippen LogP contribution in [0.2, 0.25) is 0 Å². The molecular weight excluding hydrogens is 292 g/mol. The highest BCUT2D eigenvalue weighted by molar-refractivity contribution is 5.74. The predicted octanol–water partition coefficient (Wildman–Crippen LogP) is 1.95. The van der Waals surface area contributed by atoms with Crippen LogP contribution in [0.4, 0.5) is 10.6 Å². The summed E-state index contributed by atoms with van der Waals surface area (Å²) in [5.41, 5.74) is 2.05. The van der Waals surface area contributed by atoms with E-state index < -0.39 is 0 Å². The molecule has 3 N–H and O–H groups in total. The second-order valence-corrected chi connectivity index (χ2v) is 6.22. The Morgan fingerprint density at radius 2 is 2.13 bits per heavy atom. The topological polar surface area (TPSA) is 77.5 Å². The van der Waals surface area contributed by atoms with Crippen LogP contribution >= 0.6 is 0 Å². The number of urea groups is 1. The SMILES string of the molecule is Cc1ccc(CNC(=O)NC(C)CCCO)c(N2CCCC2)n1. The molecule has 1 aliphatic rings. The van der Waals surface area contributed by atoms with Crippen LogP contribution in [0.15, 0.2) is 12.1 Å². The lowest BCUT2D eigenvalue weighted by Crippen LogP contribution is -2.40. The maximum Gasteiger partial charge on any atom is 0.315 e. The van der Waals surface area contributed by atoms with Gasteiger partial charge in [0.1, 0.15) is 5.82 Å². The van der Waals surface area contributed by atoms with Gasteiger partial charge in [0.25, 0.3) is 0 Å². The number of carbonyl (C=O) groups is 1. The van der Waals surface area contributed by atoms with Gasteiger partial charge in [0.15, 0.2) is 0 Å². The first-order valence-corrected chi connectivity index (χ1v) is 8.47. The smallest absolute Gasteiger partial charge is 0.315 e. The number of rotatable bonds is 7. The van der Waals surface area contributed by atoms with Crippen LogP contribution < -0.4 is 15.5 Å². The van der Waals surface area contributed by atoms with E-state index in [1.54, 1.807) is 0 Å². The van der Waals surface area contributed by atoms with Crippen molar-refractivity contribution in [2.75, 3.05) is 24.6 Å². The second-order valence-electron chi connectivity index (χ2n) is 6.22. The van der Waals surface area contributed by atoms with Crippen LogP contribution in [-0.2, 0) is 6.54 Å². The van der Waals surface area contributed by atoms with Crippen LogP contribution in [0.3, 0.4) is 0 Å². The molecule has 6 heteroatoms. The fraction of sp³-hybridized carbons (Fsp3) is 0.647. The van der Waals surface area contributed by atoms with Crippen LogP contribution in [0.1, 0.15) is 43.9 Å². The van der Waals surface area contributed by atoms with Crippen molar-refractivity contribution in [3.8, 4) is 0 Å². The fourth-order valence-corrected chi connectivity index (χ4v) is 2.83. The summed E-state index contributed by atoms with van der Waals surface area (Å²) in [6.45, 7) is 6.63. The highest BCUT2D eigenvalue weighted by Crippen LogP contribution is 2.22. The van der Waals surface area contributed by atoms with Crippen LogP contribution in [0.25, 0.3) is 0 Å². The largest absolute Gasteiger partial charge is 0.396 e. The highest BCUT2D eigenvalue weighted by atomic mass is 16.3. The molecule has 1 unspecified atom stereocenters. The minimum Gasteiger partial charge on any atom is -0.396 e. The number of hydrogen-bond donors (Lipinski definition) is 3. The van der Waals surface area contributed by atoms with Crippen molar-refractivity contribution < 1.29 is 9.90 Å². The van der Waals surface area contributed by atoms with Gasteiger partial charge in [-0.3, -0.25) is 0 Å². The number of aliphatic hydroxyl groups is 1. The molecule has 2 heterocycles. The van der Waals surface area contributed by atoms with Gasteiger partial charge in [0, 0.05) is 43.5 Å². The summed E-state index contributed by atoms with van der Waals surface area (Å²) >= 11 is 0. The summed E-state index contributed by atoms with van der Waals surface area (Å²) in [5.74, 6) is 0.996. The van der Waals surface area contributed by atoms with Gasteiger partial charge in [-0.1, -0.05) is 6.07 Å². The number of aromatic nitrogens is 1. The lowest BCUT2D eigenvalue weighted by molar-refractivity contribution is 0.234. The van der Waals surface area contributed by atoms with Gasteiger partial charge in [-0.25, -0.2) is 9.78 Å².